The highest BCUT2D eigenvalue weighted by Gasteiger charge is 2.43. The summed E-state index contributed by atoms with van der Waals surface area (Å²) in [5, 5.41) is 11.3. The Morgan fingerprint density at radius 3 is 2.72 bits per heavy atom. The highest BCUT2D eigenvalue weighted by Crippen LogP contribution is 2.31. The molecule has 0 radical (unpaired) electrons. The Hall–Kier alpha value is -2.94. The summed E-state index contributed by atoms with van der Waals surface area (Å²) in [5.74, 6) is -0.572. The lowest BCUT2D eigenvalue weighted by atomic mass is 9.98. The predicted octanol–water partition coefficient (Wildman–Crippen LogP) is 0.897. The summed E-state index contributed by atoms with van der Waals surface area (Å²) < 4.78 is 0. The first-order valence-corrected chi connectivity index (χ1v) is 11.3. The Kier molecular flexibility index (Phi) is 8.21. The lowest BCUT2D eigenvalue weighted by Crippen LogP contribution is -2.57. The largest absolute Gasteiger partial charge is 0.350 e. The van der Waals surface area contributed by atoms with Gasteiger partial charge in [0.25, 0.3) is 0 Å². The minimum absolute atomic E-state index is 0.0276. The zero-order valence-electron chi connectivity index (χ0n) is 18.7. The number of amides is 4. The van der Waals surface area contributed by atoms with E-state index in [1.165, 1.54) is 0 Å². The van der Waals surface area contributed by atoms with E-state index in [0.717, 1.165) is 31.2 Å². The predicted molar refractivity (Wildman–Crippen MR) is 121 cm³/mol. The number of likely N-dealkylation sites (N-methyl/N-ethyl adjacent to an activating group) is 1. The van der Waals surface area contributed by atoms with Crippen LogP contribution in [0.25, 0.3) is 0 Å². The monoisotopic (exact) mass is 443 g/mol. The molecule has 2 saturated heterocycles. The summed E-state index contributed by atoms with van der Waals surface area (Å²) >= 11 is 0. The van der Waals surface area contributed by atoms with Gasteiger partial charge in [-0.25, -0.2) is 0 Å². The number of rotatable bonds is 8. The van der Waals surface area contributed by atoms with Crippen molar-refractivity contribution in [1.82, 2.24) is 20.9 Å². The minimum Gasteiger partial charge on any atom is -0.350 e. The van der Waals surface area contributed by atoms with Crippen molar-refractivity contribution in [2.24, 2.45) is 0 Å². The van der Waals surface area contributed by atoms with Gasteiger partial charge in [0.15, 0.2) is 0 Å². The average Bonchev–Trinajstić information content (AvgIpc) is 3.21. The molecule has 0 spiro atoms. The summed E-state index contributed by atoms with van der Waals surface area (Å²) in [7, 11) is 1.70. The van der Waals surface area contributed by atoms with E-state index < -0.39 is 18.1 Å². The first-order valence-electron chi connectivity index (χ1n) is 11.3. The Bertz CT molecular complexity index is 845. The topological polar surface area (TPSA) is 120 Å². The second kappa shape index (κ2) is 11.1. The van der Waals surface area contributed by atoms with E-state index in [4.69, 9.17) is 0 Å². The lowest BCUT2D eigenvalue weighted by molar-refractivity contribution is -0.144. The summed E-state index contributed by atoms with van der Waals surface area (Å²) in [4.78, 5) is 51.2. The van der Waals surface area contributed by atoms with Crippen LogP contribution in [0.3, 0.4) is 0 Å². The zero-order chi connectivity index (χ0) is 23.1. The number of nitrogens with zero attached hydrogens (tertiary/aromatic N) is 1. The molecule has 0 aliphatic carbocycles. The molecule has 9 nitrogen and oxygen atoms in total. The zero-order valence-corrected chi connectivity index (χ0v) is 18.7. The van der Waals surface area contributed by atoms with E-state index in [9.17, 15) is 19.2 Å². The average molecular weight is 444 g/mol. The number of hydrogen-bond acceptors (Lipinski definition) is 5. The number of anilines is 1. The standard InChI is InChI=1S/C23H33N5O4/c1-15(24-2)21(30)27-19-9-4-3-8-18-10-11-20(28(18)23(19)32)22(31)25-13-16-6-5-7-17(12-16)26-14-29/h5-7,12,14-15,18-20,24H,3-4,8-11,13H2,1-2H3,(H,25,31)(H,26,29)(H,27,30). The van der Waals surface area contributed by atoms with Crippen molar-refractivity contribution in [2.75, 3.05) is 12.4 Å². The van der Waals surface area contributed by atoms with Crippen LogP contribution in [0.1, 0.15) is 51.0 Å². The minimum atomic E-state index is -0.611. The first kappa shape index (κ1) is 23.7. The van der Waals surface area contributed by atoms with Gasteiger partial charge in [-0.1, -0.05) is 25.0 Å². The number of carbonyl (C=O) groups is 4. The van der Waals surface area contributed by atoms with Gasteiger partial charge in [-0.15, -0.1) is 0 Å². The van der Waals surface area contributed by atoms with Crippen LogP contribution in [0.4, 0.5) is 5.69 Å². The van der Waals surface area contributed by atoms with E-state index in [1.54, 1.807) is 37.1 Å². The third kappa shape index (κ3) is 5.64. The molecule has 4 unspecified atom stereocenters. The van der Waals surface area contributed by atoms with E-state index in [-0.39, 0.29) is 23.8 Å². The molecular weight excluding hydrogens is 410 g/mol. The second-order valence-electron chi connectivity index (χ2n) is 8.53. The normalized spacial score (nSPS) is 24.0. The quantitative estimate of drug-likeness (QED) is 0.445. The fourth-order valence-corrected chi connectivity index (χ4v) is 4.50. The first-order chi connectivity index (χ1) is 15.4. The summed E-state index contributed by atoms with van der Waals surface area (Å²) in [6.45, 7) is 2.05. The van der Waals surface area contributed by atoms with Crippen molar-refractivity contribution in [3.8, 4) is 0 Å². The molecule has 2 aliphatic rings. The number of fused-ring (bicyclic) bond motifs is 1. The number of nitrogens with one attached hydrogen (secondary N) is 4. The van der Waals surface area contributed by atoms with Gasteiger partial charge in [-0.05, 0) is 57.4 Å². The number of benzene rings is 1. The molecule has 0 saturated carbocycles. The maximum absolute atomic E-state index is 13.4. The van der Waals surface area contributed by atoms with Crippen LogP contribution in [0, 0.1) is 0 Å². The molecule has 1 aromatic rings. The van der Waals surface area contributed by atoms with Crippen molar-refractivity contribution < 1.29 is 19.2 Å². The molecule has 2 heterocycles. The van der Waals surface area contributed by atoms with Crippen molar-refractivity contribution in [3.63, 3.8) is 0 Å². The molecule has 2 fully saturated rings. The molecule has 4 amide bonds. The molecule has 9 heteroatoms. The molecule has 0 aromatic heterocycles. The molecule has 32 heavy (non-hydrogen) atoms. The van der Waals surface area contributed by atoms with Crippen LogP contribution in [0.5, 0.6) is 0 Å². The molecule has 0 bridgehead atoms. The Balaban J connectivity index is 1.68. The van der Waals surface area contributed by atoms with Gasteiger partial charge in [-0.2, -0.15) is 0 Å². The van der Waals surface area contributed by atoms with Crippen molar-refractivity contribution in [2.45, 2.75) is 76.2 Å². The smallest absolute Gasteiger partial charge is 0.246 e. The van der Waals surface area contributed by atoms with Crippen LogP contribution in [-0.4, -0.2) is 60.2 Å². The highest BCUT2D eigenvalue weighted by atomic mass is 16.2. The molecule has 3 rings (SSSR count). The van der Waals surface area contributed by atoms with Crippen LogP contribution in [0.2, 0.25) is 0 Å². The van der Waals surface area contributed by atoms with Gasteiger partial charge in [0.05, 0.1) is 6.04 Å². The van der Waals surface area contributed by atoms with Gasteiger partial charge in [-0.3, -0.25) is 19.2 Å². The summed E-state index contributed by atoms with van der Waals surface area (Å²) in [6.07, 6.45) is 5.30. The summed E-state index contributed by atoms with van der Waals surface area (Å²) in [5.41, 5.74) is 1.51. The third-order valence-corrected chi connectivity index (χ3v) is 6.40. The highest BCUT2D eigenvalue weighted by molar-refractivity contribution is 5.93. The number of carbonyl (C=O) groups excluding carboxylic acids is 4. The maximum Gasteiger partial charge on any atom is 0.246 e. The second-order valence-corrected chi connectivity index (χ2v) is 8.53. The van der Waals surface area contributed by atoms with E-state index in [0.29, 0.717) is 31.5 Å². The van der Waals surface area contributed by atoms with Crippen LogP contribution >= 0.6 is 0 Å². The molecule has 4 atom stereocenters. The molecular formula is C23H33N5O4. The van der Waals surface area contributed by atoms with Crippen molar-refractivity contribution in [3.05, 3.63) is 29.8 Å². The van der Waals surface area contributed by atoms with Crippen LogP contribution < -0.4 is 21.3 Å². The fourth-order valence-electron chi connectivity index (χ4n) is 4.50. The van der Waals surface area contributed by atoms with Crippen LogP contribution in [0.15, 0.2) is 24.3 Å². The van der Waals surface area contributed by atoms with Gasteiger partial charge < -0.3 is 26.2 Å². The van der Waals surface area contributed by atoms with E-state index in [2.05, 4.69) is 21.3 Å². The fraction of sp³-hybridized carbons (Fsp3) is 0.565. The molecule has 2 aliphatic heterocycles. The Labute approximate surface area is 188 Å². The Morgan fingerprint density at radius 1 is 1.19 bits per heavy atom. The van der Waals surface area contributed by atoms with Gasteiger partial charge in [0.2, 0.25) is 24.1 Å². The van der Waals surface area contributed by atoms with Crippen LogP contribution in [-0.2, 0) is 25.7 Å². The molecule has 174 valence electrons. The molecule has 4 N–H and O–H groups in total. The summed E-state index contributed by atoms with van der Waals surface area (Å²) in [6, 6.07) is 5.71. The van der Waals surface area contributed by atoms with Crippen molar-refractivity contribution in [1.29, 1.82) is 0 Å². The molecule has 1 aromatic carbocycles. The maximum atomic E-state index is 13.4. The SMILES string of the molecule is CNC(C)C(=O)NC1CCCCC2CCC(C(=O)NCc3cccc(NC=O)c3)N2C1=O. The third-order valence-electron chi connectivity index (χ3n) is 6.40. The van der Waals surface area contributed by atoms with Crippen molar-refractivity contribution >= 4 is 29.8 Å². The van der Waals surface area contributed by atoms with E-state index >= 15 is 0 Å². The van der Waals surface area contributed by atoms with E-state index in [1.807, 2.05) is 6.07 Å². The van der Waals surface area contributed by atoms with Gasteiger partial charge >= 0.3 is 0 Å². The number of hydrogen-bond donors (Lipinski definition) is 4. The van der Waals surface area contributed by atoms with Gasteiger partial charge in [0.1, 0.15) is 12.1 Å². The Morgan fingerprint density at radius 2 is 1.97 bits per heavy atom. The van der Waals surface area contributed by atoms with Gasteiger partial charge in [0, 0.05) is 18.3 Å². The lowest BCUT2D eigenvalue weighted by Gasteiger charge is -2.35.